The molecule has 0 N–H and O–H groups in total. The highest BCUT2D eigenvalue weighted by Crippen LogP contribution is 2.53. The molecule has 1 atom stereocenters. The first kappa shape index (κ1) is 30.5. The number of nitrogens with zero attached hydrogens (tertiary/aromatic N) is 3. The van der Waals surface area contributed by atoms with Gasteiger partial charge in [0.2, 0.25) is 0 Å². The molecule has 0 bridgehead atoms. The molecule has 0 aliphatic carbocycles. The summed E-state index contributed by atoms with van der Waals surface area (Å²) >= 11 is 0. The molecule has 0 saturated carbocycles. The second-order valence-electron chi connectivity index (χ2n) is 13.5. The van der Waals surface area contributed by atoms with E-state index in [0.717, 1.165) is 82.8 Å². The molecule has 2 aromatic heterocycles. The van der Waals surface area contributed by atoms with Crippen molar-refractivity contribution in [1.29, 1.82) is 0 Å². The molecule has 1 aliphatic rings. The van der Waals surface area contributed by atoms with Gasteiger partial charge in [-0.1, -0.05) is 164 Å². The van der Waals surface area contributed by atoms with E-state index in [4.69, 9.17) is 10.1 Å². The second-order valence-corrected chi connectivity index (χ2v) is 16.3. The van der Waals surface area contributed by atoms with Crippen molar-refractivity contribution < 1.29 is 4.57 Å². The summed E-state index contributed by atoms with van der Waals surface area (Å²) in [7, 11) is -2.73. The quantitative estimate of drug-likeness (QED) is 0.169. The highest BCUT2D eigenvalue weighted by atomic mass is 31.2. The maximum absolute atomic E-state index is 14.3. The van der Waals surface area contributed by atoms with Gasteiger partial charge in [-0.3, -0.25) is 0 Å². The second kappa shape index (κ2) is 11.9. The lowest BCUT2D eigenvalue weighted by Crippen LogP contribution is -2.08. The van der Waals surface area contributed by atoms with Crippen LogP contribution >= 0.6 is 7.14 Å². The van der Waals surface area contributed by atoms with Gasteiger partial charge in [0.05, 0.1) is 0 Å². The SMILES string of the molecule is CP1(=O)c2ccccc2-c2c(-c3c(-c4ccc(-c5nc6c(-c7ccccc7)cc(-c7ccccc7)cn6n5)cc4)ccc4ccccc34)cccc21. The molecular formula is C47H32N3OP. The highest BCUT2D eigenvalue weighted by Gasteiger charge is 2.36. The molecule has 0 radical (unpaired) electrons. The first-order valence-corrected chi connectivity index (χ1v) is 19.7. The highest BCUT2D eigenvalue weighted by molar-refractivity contribution is 7.79. The summed E-state index contributed by atoms with van der Waals surface area (Å²) in [4.78, 5) is 5.10. The molecule has 246 valence electrons. The van der Waals surface area contributed by atoms with Crippen LogP contribution in [0.3, 0.4) is 0 Å². The van der Waals surface area contributed by atoms with Crippen LogP contribution in [-0.4, -0.2) is 21.3 Å². The molecule has 52 heavy (non-hydrogen) atoms. The number of aromatic nitrogens is 3. The summed E-state index contributed by atoms with van der Waals surface area (Å²) in [6, 6.07) is 59.0. The van der Waals surface area contributed by atoms with Crippen LogP contribution in [-0.2, 0) is 4.57 Å². The Morgan fingerprint density at radius 3 is 1.92 bits per heavy atom. The largest absolute Gasteiger partial charge is 0.314 e. The molecule has 4 nitrogen and oxygen atoms in total. The zero-order valence-corrected chi connectivity index (χ0v) is 29.3. The van der Waals surface area contributed by atoms with Gasteiger partial charge >= 0.3 is 0 Å². The van der Waals surface area contributed by atoms with Gasteiger partial charge in [-0.05, 0) is 62.4 Å². The van der Waals surface area contributed by atoms with Gasteiger partial charge in [0.25, 0.3) is 0 Å². The number of benzene rings is 7. The zero-order valence-electron chi connectivity index (χ0n) is 28.4. The third-order valence-corrected chi connectivity index (χ3v) is 13.0. The fraction of sp³-hybridized carbons (Fsp3) is 0.0213. The van der Waals surface area contributed by atoms with E-state index in [1.54, 1.807) is 0 Å². The summed E-state index contributed by atoms with van der Waals surface area (Å²) in [5.41, 5.74) is 12.7. The van der Waals surface area contributed by atoms with Crippen LogP contribution in [0.2, 0.25) is 0 Å². The Bertz CT molecular complexity index is 2880. The van der Waals surface area contributed by atoms with E-state index in [1.165, 1.54) is 5.39 Å². The molecule has 1 aliphatic heterocycles. The van der Waals surface area contributed by atoms with Crippen molar-refractivity contribution in [2.45, 2.75) is 0 Å². The molecule has 0 fully saturated rings. The van der Waals surface area contributed by atoms with Gasteiger partial charge in [0.1, 0.15) is 7.14 Å². The number of pyridine rings is 1. The van der Waals surface area contributed by atoms with Gasteiger partial charge in [-0.2, -0.15) is 0 Å². The number of fused-ring (bicyclic) bond motifs is 5. The van der Waals surface area contributed by atoms with Gasteiger partial charge in [0, 0.05) is 39.1 Å². The lowest BCUT2D eigenvalue weighted by molar-refractivity contribution is 0.591. The molecule has 10 rings (SSSR count). The Kier molecular flexibility index (Phi) is 6.96. The van der Waals surface area contributed by atoms with Crippen LogP contribution in [0.1, 0.15) is 0 Å². The predicted octanol–water partition coefficient (Wildman–Crippen LogP) is 11.1. The van der Waals surface area contributed by atoms with E-state index < -0.39 is 7.14 Å². The monoisotopic (exact) mass is 685 g/mol. The maximum atomic E-state index is 14.3. The Labute approximate surface area is 302 Å². The molecule has 0 amide bonds. The molecular weight excluding hydrogens is 654 g/mol. The summed E-state index contributed by atoms with van der Waals surface area (Å²) in [5, 5.41) is 9.22. The van der Waals surface area contributed by atoms with E-state index >= 15 is 0 Å². The van der Waals surface area contributed by atoms with Gasteiger partial charge in [-0.25, -0.2) is 9.50 Å². The van der Waals surface area contributed by atoms with Gasteiger partial charge in [0.15, 0.2) is 11.5 Å². The fourth-order valence-electron chi connectivity index (χ4n) is 7.90. The van der Waals surface area contributed by atoms with Crippen LogP contribution in [0.5, 0.6) is 0 Å². The average molecular weight is 686 g/mol. The number of hydrogen-bond acceptors (Lipinski definition) is 3. The molecule has 7 aromatic carbocycles. The van der Waals surface area contributed by atoms with Crippen LogP contribution < -0.4 is 10.6 Å². The predicted molar refractivity (Wildman–Crippen MR) is 216 cm³/mol. The number of rotatable bonds is 5. The fourth-order valence-corrected chi connectivity index (χ4v) is 10.2. The van der Waals surface area contributed by atoms with E-state index in [0.29, 0.717) is 5.82 Å². The zero-order chi connectivity index (χ0) is 34.8. The molecule has 5 heteroatoms. The lowest BCUT2D eigenvalue weighted by atomic mass is 9.86. The third-order valence-electron chi connectivity index (χ3n) is 10.4. The minimum Gasteiger partial charge on any atom is -0.314 e. The van der Waals surface area contributed by atoms with E-state index in [2.05, 4.69) is 140 Å². The van der Waals surface area contributed by atoms with E-state index in [1.807, 2.05) is 47.6 Å². The molecule has 3 heterocycles. The maximum Gasteiger partial charge on any atom is 0.182 e. The van der Waals surface area contributed by atoms with Crippen LogP contribution in [0.15, 0.2) is 176 Å². The first-order valence-electron chi connectivity index (χ1n) is 17.5. The smallest absolute Gasteiger partial charge is 0.182 e. The normalized spacial score (nSPS) is 14.8. The summed E-state index contributed by atoms with van der Waals surface area (Å²) in [5.74, 6) is 0.670. The Morgan fingerprint density at radius 1 is 0.481 bits per heavy atom. The molecule has 9 aromatic rings. The Hall–Kier alpha value is -6.35. The van der Waals surface area contributed by atoms with Crippen molar-refractivity contribution in [3.05, 3.63) is 176 Å². The minimum absolute atomic E-state index is 0.670. The van der Waals surface area contributed by atoms with E-state index in [9.17, 15) is 4.57 Å². The third kappa shape index (κ3) is 4.80. The van der Waals surface area contributed by atoms with Crippen LogP contribution in [0.4, 0.5) is 0 Å². The van der Waals surface area contributed by atoms with Crippen molar-refractivity contribution in [3.8, 4) is 67.0 Å². The minimum atomic E-state index is -2.73. The first-order chi connectivity index (χ1) is 25.5. The van der Waals surface area contributed by atoms with E-state index in [-0.39, 0.29) is 0 Å². The van der Waals surface area contributed by atoms with Crippen molar-refractivity contribution in [3.63, 3.8) is 0 Å². The summed E-state index contributed by atoms with van der Waals surface area (Å²) < 4.78 is 16.2. The van der Waals surface area contributed by atoms with Crippen LogP contribution in [0.25, 0.3) is 83.4 Å². The topological polar surface area (TPSA) is 47.3 Å². The van der Waals surface area contributed by atoms with Crippen molar-refractivity contribution in [2.75, 3.05) is 6.66 Å². The van der Waals surface area contributed by atoms with Gasteiger partial charge in [-0.15, -0.1) is 5.10 Å². The summed E-state index contributed by atoms with van der Waals surface area (Å²) in [6.07, 6.45) is 2.06. The lowest BCUT2D eigenvalue weighted by Gasteiger charge is -2.18. The Morgan fingerprint density at radius 2 is 1.12 bits per heavy atom. The molecule has 0 saturated heterocycles. The molecule has 0 spiro atoms. The van der Waals surface area contributed by atoms with Crippen molar-refractivity contribution >= 4 is 34.2 Å². The van der Waals surface area contributed by atoms with Crippen molar-refractivity contribution in [1.82, 2.24) is 14.6 Å². The van der Waals surface area contributed by atoms with Crippen molar-refractivity contribution in [2.24, 2.45) is 0 Å². The van der Waals surface area contributed by atoms with Gasteiger partial charge < -0.3 is 4.57 Å². The standard InChI is InChI=1S/C47H32N3OP/c1-52(51)42-21-11-10-19-39(42)45-40(20-12-22-43(45)52)44-37-18-9-8-17-33(37)27-28-38(44)34-23-25-35(26-24-34)46-48-47-41(32-15-6-3-7-16-32)29-36(30-50(47)49-46)31-13-4-2-5-14-31/h2-30H,1H3. The number of hydrogen-bond donors (Lipinski definition) is 0. The molecule has 1 unspecified atom stereocenters. The van der Waals surface area contributed by atoms with Crippen LogP contribution in [0, 0.1) is 0 Å². The average Bonchev–Trinajstić information content (AvgIpc) is 3.74. The summed E-state index contributed by atoms with van der Waals surface area (Å²) in [6.45, 7) is 1.91. The Balaban J connectivity index is 1.12.